The molecule has 0 unspecified atom stereocenters. The van der Waals surface area contributed by atoms with E-state index in [4.69, 9.17) is 4.42 Å². The number of hydrogen-bond donors (Lipinski definition) is 0. The van der Waals surface area contributed by atoms with Crippen LogP contribution in [0.3, 0.4) is 0 Å². The van der Waals surface area contributed by atoms with E-state index in [1.165, 1.54) is 16.8 Å². The summed E-state index contributed by atoms with van der Waals surface area (Å²) in [6.45, 7) is 0. The van der Waals surface area contributed by atoms with E-state index < -0.39 is 10.8 Å². The Hall–Kier alpha value is -3.22. The van der Waals surface area contributed by atoms with Gasteiger partial charge in [0.1, 0.15) is 10.6 Å². The second-order valence-electron chi connectivity index (χ2n) is 4.23. The predicted octanol–water partition coefficient (Wildman–Crippen LogP) is 2.85. The van der Waals surface area contributed by atoms with Crippen LogP contribution in [0.2, 0.25) is 0 Å². The zero-order valence-electron chi connectivity index (χ0n) is 10.7. The molecule has 3 rings (SSSR count). The molecule has 0 amide bonds. The molecule has 2 aromatic heterocycles. The van der Waals surface area contributed by atoms with Crippen molar-refractivity contribution in [2.45, 2.75) is 0 Å². The van der Waals surface area contributed by atoms with Gasteiger partial charge in [0.15, 0.2) is 12.0 Å². The number of aldehydes is 1. The van der Waals surface area contributed by atoms with Crippen molar-refractivity contribution >= 4 is 12.2 Å². The number of carbonyl (C=O) groups is 1. The van der Waals surface area contributed by atoms with Gasteiger partial charge in [-0.3, -0.25) is 14.9 Å². The summed E-state index contributed by atoms with van der Waals surface area (Å²) in [5.41, 5.74) is 1.33. The largest absolute Gasteiger partial charge is 0.433 e. The van der Waals surface area contributed by atoms with E-state index in [0.717, 1.165) is 5.69 Å². The van der Waals surface area contributed by atoms with Crippen LogP contribution in [0.4, 0.5) is 5.88 Å². The number of benzene rings is 1. The minimum atomic E-state index is -0.641. The molecule has 0 aliphatic rings. The van der Waals surface area contributed by atoms with Crippen LogP contribution in [-0.2, 0) is 0 Å². The van der Waals surface area contributed by atoms with E-state index in [-0.39, 0.29) is 11.5 Å². The van der Waals surface area contributed by atoms with E-state index in [1.54, 1.807) is 6.20 Å². The number of nitro groups is 1. The van der Waals surface area contributed by atoms with Gasteiger partial charge in [0.2, 0.25) is 0 Å². The molecule has 0 atom stereocenters. The average molecular weight is 283 g/mol. The first-order valence-corrected chi connectivity index (χ1v) is 6.04. The number of furan rings is 1. The Morgan fingerprint density at radius 3 is 2.57 bits per heavy atom. The molecule has 7 nitrogen and oxygen atoms in total. The van der Waals surface area contributed by atoms with Gasteiger partial charge in [-0.25, -0.2) is 4.68 Å². The van der Waals surface area contributed by atoms with E-state index >= 15 is 0 Å². The Kier molecular flexibility index (Phi) is 3.07. The van der Waals surface area contributed by atoms with Crippen molar-refractivity contribution in [3.8, 4) is 17.1 Å². The molecule has 0 radical (unpaired) electrons. The zero-order chi connectivity index (χ0) is 14.8. The number of aromatic nitrogens is 2. The third-order valence-corrected chi connectivity index (χ3v) is 2.90. The third-order valence-electron chi connectivity index (χ3n) is 2.90. The van der Waals surface area contributed by atoms with Crippen molar-refractivity contribution in [2.24, 2.45) is 0 Å². The summed E-state index contributed by atoms with van der Waals surface area (Å²) in [6.07, 6.45) is 2.18. The van der Waals surface area contributed by atoms with E-state index in [0.29, 0.717) is 11.8 Å². The summed E-state index contributed by atoms with van der Waals surface area (Å²) in [5, 5.41) is 14.9. The molecule has 1 aromatic carbocycles. The summed E-state index contributed by atoms with van der Waals surface area (Å²) < 4.78 is 6.61. The summed E-state index contributed by atoms with van der Waals surface area (Å²) >= 11 is 0. The lowest BCUT2D eigenvalue weighted by atomic mass is 10.2. The molecule has 0 fully saturated rings. The van der Waals surface area contributed by atoms with Gasteiger partial charge in [0.05, 0.1) is 17.3 Å². The maximum absolute atomic E-state index is 11.2. The molecule has 0 aliphatic heterocycles. The number of carbonyl (C=O) groups excluding carboxylic acids is 1. The first kappa shape index (κ1) is 12.8. The van der Waals surface area contributed by atoms with E-state index in [1.807, 2.05) is 30.3 Å². The molecule has 0 aliphatic carbocycles. The van der Waals surface area contributed by atoms with Crippen LogP contribution >= 0.6 is 0 Å². The molecule has 21 heavy (non-hydrogen) atoms. The average Bonchev–Trinajstić information content (AvgIpc) is 3.14. The molecular formula is C14H9N3O4. The molecule has 104 valence electrons. The Morgan fingerprint density at radius 1 is 1.19 bits per heavy atom. The summed E-state index contributed by atoms with van der Waals surface area (Å²) in [6, 6.07) is 11.9. The Balaban J connectivity index is 2.08. The first-order chi connectivity index (χ1) is 10.2. The highest BCUT2D eigenvalue weighted by atomic mass is 16.6. The van der Waals surface area contributed by atoms with E-state index in [2.05, 4.69) is 5.10 Å². The third kappa shape index (κ3) is 2.32. The summed E-state index contributed by atoms with van der Waals surface area (Å²) in [5.74, 6) is -0.213. The highest BCUT2D eigenvalue weighted by molar-refractivity contribution is 5.84. The Labute approximate surface area is 118 Å². The number of hydrogen-bond acceptors (Lipinski definition) is 5. The highest BCUT2D eigenvalue weighted by Gasteiger charge is 2.19. The fourth-order valence-corrected chi connectivity index (χ4v) is 1.93. The smallest absolute Gasteiger partial charge is 0.399 e. The van der Waals surface area contributed by atoms with Gasteiger partial charge in [0.25, 0.3) is 0 Å². The summed E-state index contributed by atoms with van der Waals surface area (Å²) in [4.78, 5) is 21.2. The first-order valence-electron chi connectivity index (χ1n) is 6.04. The molecule has 0 spiro atoms. The normalized spacial score (nSPS) is 10.5. The maximum atomic E-state index is 11.2. The van der Waals surface area contributed by atoms with E-state index in [9.17, 15) is 14.9 Å². The quantitative estimate of drug-likeness (QED) is 0.417. The van der Waals surface area contributed by atoms with Crippen LogP contribution in [-0.4, -0.2) is 21.0 Å². The molecule has 0 bridgehead atoms. The minimum Gasteiger partial charge on any atom is -0.399 e. The second kappa shape index (κ2) is 5.04. The molecule has 0 N–H and O–H groups in total. The molecular weight excluding hydrogens is 274 g/mol. The van der Waals surface area contributed by atoms with Gasteiger partial charge in [-0.1, -0.05) is 18.2 Å². The van der Waals surface area contributed by atoms with Crippen molar-refractivity contribution in [1.29, 1.82) is 0 Å². The Bertz CT molecular complexity index is 805. The molecule has 0 saturated carbocycles. The maximum Gasteiger partial charge on any atom is 0.433 e. The lowest BCUT2D eigenvalue weighted by molar-refractivity contribution is -0.401. The Morgan fingerprint density at radius 2 is 1.95 bits per heavy atom. The molecule has 7 heteroatoms. The van der Waals surface area contributed by atoms with Crippen molar-refractivity contribution in [3.63, 3.8) is 0 Å². The molecule has 3 aromatic rings. The fourth-order valence-electron chi connectivity index (χ4n) is 1.93. The number of rotatable bonds is 4. The van der Waals surface area contributed by atoms with Gasteiger partial charge in [-0.15, -0.1) is 0 Å². The molecule has 2 heterocycles. The van der Waals surface area contributed by atoms with Crippen molar-refractivity contribution in [2.75, 3.05) is 0 Å². The van der Waals surface area contributed by atoms with Crippen LogP contribution in [0.1, 0.15) is 10.4 Å². The van der Waals surface area contributed by atoms with Crippen LogP contribution in [0, 0.1) is 10.1 Å². The van der Waals surface area contributed by atoms with Gasteiger partial charge >= 0.3 is 5.88 Å². The van der Waals surface area contributed by atoms with Gasteiger partial charge < -0.3 is 4.42 Å². The second-order valence-corrected chi connectivity index (χ2v) is 4.23. The van der Waals surface area contributed by atoms with Crippen molar-refractivity contribution < 1.29 is 14.1 Å². The standard InChI is InChI=1S/C14H9N3O4/c18-9-10-8-16(11-4-2-1-3-5-11)15-14(10)12-6-7-13(21-12)17(19)20/h1-9H. The van der Waals surface area contributed by atoms with Crippen LogP contribution in [0.15, 0.2) is 53.1 Å². The number of nitrogens with zero attached hydrogens (tertiary/aromatic N) is 3. The SMILES string of the molecule is O=Cc1cn(-c2ccccc2)nc1-c1ccc([N+](=O)[O-])o1. The summed E-state index contributed by atoms with van der Waals surface area (Å²) in [7, 11) is 0. The van der Waals surface area contributed by atoms with Crippen LogP contribution in [0.5, 0.6) is 0 Å². The topological polar surface area (TPSA) is 91.2 Å². The monoisotopic (exact) mass is 283 g/mol. The predicted molar refractivity (Wildman–Crippen MR) is 73.3 cm³/mol. The van der Waals surface area contributed by atoms with Gasteiger partial charge in [-0.2, -0.15) is 5.10 Å². The lowest BCUT2D eigenvalue weighted by Gasteiger charge is -1.98. The zero-order valence-corrected chi connectivity index (χ0v) is 10.7. The van der Waals surface area contributed by atoms with Crippen molar-refractivity contribution in [3.05, 3.63) is 64.3 Å². The highest BCUT2D eigenvalue weighted by Crippen LogP contribution is 2.27. The van der Waals surface area contributed by atoms with Gasteiger partial charge in [0, 0.05) is 6.20 Å². The molecule has 0 saturated heterocycles. The minimum absolute atomic E-state index is 0.179. The number of para-hydroxylation sites is 1. The van der Waals surface area contributed by atoms with Gasteiger partial charge in [-0.05, 0) is 18.2 Å². The van der Waals surface area contributed by atoms with Crippen LogP contribution in [0.25, 0.3) is 17.1 Å². The fraction of sp³-hybridized carbons (Fsp3) is 0. The lowest BCUT2D eigenvalue weighted by Crippen LogP contribution is -1.93. The van der Waals surface area contributed by atoms with Crippen LogP contribution < -0.4 is 0 Å². The van der Waals surface area contributed by atoms with Crippen molar-refractivity contribution in [1.82, 2.24) is 9.78 Å².